The van der Waals surface area contributed by atoms with Crippen LogP contribution in [0.25, 0.3) is 22.7 Å². The number of carbonyl (C=O) groups excluding carboxylic acids is 1. The summed E-state index contributed by atoms with van der Waals surface area (Å²) in [7, 11) is 0. The number of hydrogen-bond acceptors (Lipinski definition) is 5. The second-order valence-corrected chi connectivity index (χ2v) is 6.70. The molecule has 0 saturated heterocycles. The molecule has 2 heterocycles. The molecule has 146 valence electrons. The van der Waals surface area contributed by atoms with E-state index in [1.54, 1.807) is 24.4 Å². The lowest BCUT2D eigenvalue weighted by Crippen LogP contribution is -2.13. The van der Waals surface area contributed by atoms with E-state index in [9.17, 15) is 4.79 Å². The highest BCUT2D eigenvalue weighted by Gasteiger charge is 2.13. The summed E-state index contributed by atoms with van der Waals surface area (Å²) < 4.78 is 11.4. The van der Waals surface area contributed by atoms with Crippen LogP contribution >= 0.6 is 0 Å². The standard InChI is InChI=1S/C23H21N3O3/c1-3-12-28-18-7-4-6-16(13-18)22(27)25-19-14-17(10-9-15(19)2)23-26-21-20(29-23)8-5-11-24-21/h4-11,13-14H,3,12H2,1-2H3,(H,25,27). The predicted molar refractivity (Wildman–Crippen MR) is 112 cm³/mol. The third-order valence-corrected chi connectivity index (χ3v) is 4.47. The smallest absolute Gasteiger partial charge is 0.255 e. The van der Waals surface area contributed by atoms with Gasteiger partial charge < -0.3 is 14.5 Å². The summed E-state index contributed by atoms with van der Waals surface area (Å²) >= 11 is 0. The first kappa shape index (κ1) is 18.7. The molecule has 0 atom stereocenters. The highest BCUT2D eigenvalue weighted by atomic mass is 16.5. The molecule has 6 heteroatoms. The summed E-state index contributed by atoms with van der Waals surface area (Å²) in [4.78, 5) is 21.4. The fraction of sp³-hybridized carbons (Fsp3) is 0.174. The normalized spacial score (nSPS) is 10.8. The Morgan fingerprint density at radius 1 is 1.14 bits per heavy atom. The number of nitrogens with one attached hydrogen (secondary N) is 1. The van der Waals surface area contributed by atoms with Crippen molar-refractivity contribution in [3.63, 3.8) is 0 Å². The maximum absolute atomic E-state index is 12.8. The number of carbonyl (C=O) groups is 1. The number of aryl methyl sites for hydroxylation is 1. The molecule has 0 fully saturated rings. The Bertz CT molecular complexity index is 1130. The lowest BCUT2D eigenvalue weighted by Gasteiger charge is -2.11. The molecule has 29 heavy (non-hydrogen) atoms. The van der Waals surface area contributed by atoms with Crippen LogP contribution in [0.15, 0.2) is 65.2 Å². The molecule has 6 nitrogen and oxygen atoms in total. The van der Waals surface area contributed by atoms with Crippen molar-refractivity contribution in [1.29, 1.82) is 0 Å². The number of anilines is 1. The van der Waals surface area contributed by atoms with Gasteiger partial charge in [-0.05, 0) is 61.4 Å². The van der Waals surface area contributed by atoms with Gasteiger partial charge in [-0.15, -0.1) is 0 Å². The van der Waals surface area contributed by atoms with Gasteiger partial charge in [-0.2, -0.15) is 4.98 Å². The van der Waals surface area contributed by atoms with Gasteiger partial charge in [0.15, 0.2) is 11.2 Å². The van der Waals surface area contributed by atoms with Gasteiger partial charge in [-0.3, -0.25) is 4.79 Å². The van der Waals surface area contributed by atoms with Crippen LogP contribution in [0.5, 0.6) is 5.75 Å². The average molecular weight is 387 g/mol. The maximum atomic E-state index is 12.8. The highest BCUT2D eigenvalue weighted by Crippen LogP contribution is 2.27. The first-order valence-corrected chi connectivity index (χ1v) is 9.51. The minimum Gasteiger partial charge on any atom is -0.494 e. The van der Waals surface area contributed by atoms with Crippen LogP contribution in [-0.4, -0.2) is 22.5 Å². The quantitative estimate of drug-likeness (QED) is 0.490. The maximum Gasteiger partial charge on any atom is 0.255 e. The number of oxazole rings is 1. The molecule has 4 rings (SSSR count). The van der Waals surface area contributed by atoms with E-state index in [1.807, 2.05) is 50.2 Å². The van der Waals surface area contributed by atoms with Crippen LogP contribution in [-0.2, 0) is 0 Å². The molecule has 2 aromatic carbocycles. The zero-order valence-electron chi connectivity index (χ0n) is 16.3. The number of hydrogen-bond donors (Lipinski definition) is 1. The predicted octanol–water partition coefficient (Wildman–Crippen LogP) is 5.24. The number of aromatic nitrogens is 2. The lowest BCUT2D eigenvalue weighted by atomic mass is 10.1. The molecule has 0 aliphatic carbocycles. The molecular formula is C23H21N3O3. The lowest BCUT2D eigenvalue weighted by molar-refractivity contribution is 0.102. The van der Waals surface area contributed by atoms with E-state index >= 15 is 0 Å². The van der Waals surface area contributed by atoms with E-state index in [-0.39, 0.29) is 5.91 Å². The monoisotopic (exact) mass is 387 g/mol. The zero-order chi connectivity index (χ0) is 20.2. The Morgan fingerprint density at radius 2 is 2.03 bits per heavy atom. The fourth-order valence-corrected chi connectivity index (χ4v) is 2.92. The van der Waals surface area contributed by atoms with E-state index in [1.165, 1.54) is 0 Å². The van der Waals surface area contributed by atoms with Crippen molar-refractivity contribution in [3.8, 4) is 17.2 Å². The minimum absolute atomic E-state index is 0.202. The first-order valence-electron chi connectivity index (χ1n) is 9.51. The van der Waals surface area contributed by atoms with Crippen LogP contribution in [0.1, 0.15) is 29.3 Å². The third-order valence-electron chi connectivity index (χ3n) is 4.47. The molecule has 1 amide bonds. The molecule has 0 radical (unpaired) electrons. The van der Waals surface area contributed by atoms with Gasteiger partial charge in [0.2, 0.25) is 5.89 Å². The fourth-order valence-electron chi connectivity index (χ4n) is 2.92. The number of amides is 1. The van der Waals surface area contributed by atoms with Crippen molar-refractivity contribution in [2.75, 3.05) is 11.9 Å². The second kappa shape index (κ2) is 8.14. The van der Waals surface area contributed by atoms with Crippen molar-refractivity contribution in [1.82, 2.24) is 9.97 Å². The number of rotatable bonds is 6. The average Bonchev–Trinajstić information content (AvgIpc) is 3.18. The van der Waals surface area contributed by atoms with Gasteiger partial charge in [0.1, 0.15) is 5.75 Å². The Balaban J connectivity index is 1.59. The number of fused-ring (bicyclic) bond motifs is 1. The summed E-state index contributed by atoms with van der Waals surface area (Å²) in [5, 5.41) is 2.97. The van der Waals surface area contributed by atoms with E-state index in [2.05, 4.69) is 15.3 Å². The number of pyridine rings is 1. The van der Waals surface area contributed by atoms with Crippen molar-refractivity contribution < 1.29 is 13.9 Å². The van der Waals surface area contributed by atoms with Crippen molar-refractivity contribution in [3.05, 3.63) is 71.9 Å². The molecule has 2 aromatic heterocycles. The Labute approximate surface area is 168 Å². The summed E-state index contributed by atoms with van der Waals surface area (Å²) in [5.74, 6) is 0.944. The highest BCUT2D eigenvalue weighted by molar-refractivity contribution is 6.05. The van der Waals surface area contributed by atoms with Gasteiger partial charge in [0.05, 0.1) is 6.61 Å². The number of benzene rings is 2. The van der Waals surface area contributed by atoms with E-state index in [4.69, 9.17) is 9.15 Å². The molecule has 0 bridgehead atoms. The SMILES string of the molecule is CCCOc1cccc(C(=O)Nc2cc(-c3nc4ncccc4o3)ccc2C)c1. The molecule has 0 saturated carbocycles. The number of nitrogens with zero attached hydrogens (tertiary/aromatic N) is 2. The van der Waals surface area contributed by atoms with Crippen LogP contribution in [0.4, 0.5) is 5.69 Å². The van der Waals surface area contributed by atoms with Gasteiger partial charge in [0.25, 0.3) is 5.91 Å². The first-order chi connectivity index (χ1) is 14.1. The summed E-state index contributed by atoms with van der Waals surface area (Å²) in [6.45, 7) is 4.60. The molecule has 0 aliphatic rings. The summed E-state index contributed by atoms with van der Waals surface area (Å²) in [6, 6.07) is 16.5. The zero-order valence-corrected chi connectivity index (χ0v) is 16.3. The van der Waals surface area contributed by atoms with Crippen LogP contribution in [0.3, 0.4) is 0 Å². The van der Waals surface area contributed by atoms with E-state index < -0.39 is 0 Å². The second-order valence-electron chi connectivity index (χ2n) is 6.70. The van der Waals surface area contributed by atoms with E-state index in [0.717, 1.165) is 17.5 Å². The van der Waals surface area contributed by atoms with Crippen LogP contribution in [0, 0.1) is 6.92 Å². The van der Waals surface area contributed by atoms with Crippen molar-refractivity contribution >= 4 is 22.8 Å². The largest absolute Gasteiger partial charge is 0.494 e. The Hall–Kier alpha value is -3.67. The van der Waals surface area contributed by atoms with E-state index in [0.29, 0.717) is 40.7 Å². The van der Waals surface area contributed by atoms with Gasteiger partial charge in [-0.1, -0.05) is 19.1 Å². The number of ether oxygens (including phenoxy) is 1. The van der Waals surface area contributed by atoms with Crippen LogP contribution < -0.4 is 10.1 Å². The Kier molecular flexibility index (Phi) is 5.24. The molecule has 0 spiro atoms. The van der Waals surface area contributed by atoms with Gasteiger partial charge >= 0.3 is 0 Å². The molecular weight excluding hydrogens is 366 g/mol. The summed E-state index contributed by atoms with van der Waals surface area (Å²) in [5.41, 5.74) is 4.12. The topological polar surface area (TPSA) is 77.2 Å². The molecule has 0 unspecified atom stereocenters. The minimum atomic E-state index is -0.202. The van der Waals surface area contributed by atoms with Crippen molar-refractivity contribution in [2.45, 2.75) is 20.3 Å². The third kappa shape index (κ3) is 4.11. The van der Waals surface area contributed by atoms with Crippen LogP contribution in [0.2, 0.25) is 0 Å². The van der Waals surface area contributed by atoms with Gasteiger partial charge in [-0.25, -0.2) is 4.98 Å². The van der Waals surface area contributed by atoms with Gasteiger partial charge in [0, 0.05) is 23.0 Å². The molecule has 4 aromatic rings. The Morgan fingerprint density at radius 3 is 2.86 bits per heavy atom. The molecule has 1 N–H and O–H groups in total. The summed E-state index contributed by atoms with van der Waals surface area (Å²) in [6.07, 6.45) is 2.58. The molecule has 0 aliphatic heterocycles. The van der Waals surface area contributed by atoms with Crippen molar-refractivity contribution in [2.24, 2.45) is 0 Å².